The Kier molecular flexibility index (Phi) is 3.55. The molecule has 0 saturated carbocycles. The molecule has 2 nitrogen and oxygen atoms in total. The minimum atomic E-state index is -1.32. The van der Waals surface area contributed by atoms with Gasteiger partial charge in [0.05, 0.1) is 13.7 Å². The fraction of sp³-hybridized carbons (Fsp3) is 0.647. The van der Waals surface area contributed by atoms with Gasteiger partial charge in [-0.3, -0.25) is 0 Å². The van der Waals surface area contributed by atoms with Gasteiger partial charge in [-0.1, -0.05) is 55.5 Å². The van der Waals surface area contributed by atoms with Crippen LogP contribution in [0.2, 0.25) is 19.6 Å². The van der Waals surface area contributed by atoms with Crippen LogP contribution in [0.1, 0.15) is 37.7 Å². The van der Waals surface area contributed by atoms with Gasteiger partial charge in [0.1, 0.15) is 0 Å². The molecule has 2 N–H and O–H groups in total. The summed E-state index contributed by atoms with van der Waals surface area (Å²) in [4.78, 5) is 0. The van der Waals surface area contributed by atoms with E-state index in [0.29, 0.717) is 12.1 Å². The van der Waals surface area contributed by atoms with Crippen LogP contribution in [0, 0.1) is 0 Å². The minimum Gasteiger partial charge on any atom is -0.385 e. The zero-order valence-corrected chi connectivity index (χ0v) is 13.9. The smallest absolute Gasteiger partial charge is 0.0926 e. The molecule has 2 bridgehead atoms. The van der Waals surface area contributed by atoms with E-state index in [2.05, 4.69) is 49.2 Å². The first-order valence-electron chi connectivity index (χ1n) is 7.96. The lowest BCUT2D eigenvalue weighted by molar-refractivity contribution is -0.0358. The number of aliphatic hydroxyl groups is 1. The average Bonchev–Trinajstić information content (AvgIpc) is 2.37. The Labute approximate surface area is 123 Å². The fourth-order valence-electron chi connectivity index (χ4n) is 3.84. The highest BCUT2D eigenvalue weighted by atomic mass is 28.3. The highest BCUT2D eigenvalue weighted by Gasteiger charge is 2.41. The lowest BCUT2D eigenvalue weighted by Crippen LogP contribution is -2.54. The van der Waals surface area contributed by atoms with Crippen molar-refractivity contribution in [3.05, 3.63) is 29.8 Å². The third-order valence-electron chi connectivity index (χ3n) is 5.01. The van der Waals surface area contributed by atoms with Crippen molar-refractivity contribution in [1.82, 2.24) is 5.32 Å². The second-order valence-corrected chi connectivity index (χ2v) is 12.8. The lowest BCUT2D eigenvalue weighted by Gasteiger charge is -2.45. The predicted molar refractivity (Wildman–Crippen MR) is 87.1 cm³/mol. The first-order valence-corrected chi connectivity index (χ1v) is 11.5. The van der Waals surface area contributed by atoms with Crippen LogP contribution in [0.5, 0.6) is 0 Å². The molecule has 0 aliphatic carbocycles. The Morgan fingerprint density at radius 3 is 2.40 bits per heavy atom. The lowest BCUT2D eigenvalue weighted by atomic mass is 9.74. The first-order chi connectivity index (χ1) is 9.37. The topological polar surface area (TPSA) is 32.3 Å². The number of hydrogen-bond donors (Lipinski definition) is 2. The molecule has 2 heterocycles. The van der Waals surface area contributed by atoms with Crippen LogP contribution in [0.25, 0.3) is 0 Å². The molecule has 0 radical (unpaired) electrons. The number of nitrogens with one attached hydrogen (secondary N) is 1. The number of fused-ring (bicyclic) bond motifs is 2. The molecule has 0 amide bonds. The summed E-state index contributed by atoms with van der Waals surface area (Å²) in [6.07, 6.45) is 5.49. The largest absolute Gasteiger partial charge is 0.385 e. The maximum Gasteiger partial charge on any atom is 0.0926 e. The van der Waals surface area contributed by atoms with E-state index in [1.807, 2.05) is 0 Å². The minimum absolute atomic E-state index is 0.503. The molecular weight excluding hydrogens is 262 g/mol. The number of piperidine rings is 2. The molecule has 1 aromatic carbocycles. The predicted octanol–water partition coefficient (Wildman–Crippen LogP) is 2.72. The monoisotopic (exact) mass is 289 g/mol. The van der Waals surface area contributed by atoms with Crippen LogP contribution in [0.3, 0.4) is 0 Å². The van der Waals surface area contributed by atoms with E-state index < -0.39 is 13.7 Å². The maximum absolute atomic E-state index is 11.2. The second kappa shape index (κ2) is 4.97. The van der Waals surface area contributed by atoms with Gasteiger partial charge in [0.2, 0.25) is 0 Å². The van der Waals surface area contributed by atoms with Crippen molar-refractivity contribution in [2.75, 3.05) is 0 Å². The Hall–Kier alpha value is -0.643. The summed E-state index contributed by atoms with van der Waals surface area (Å²) in [5.41, 5.74) is 0.534. The zero-order valence-electron chi connectivity index (χ0n) is 12.9. The highest BCUT2D eigenvalue weighted by molar-refractivity contribution is 6.88. The van der Waals surface area contributed by atoms with Gasteiger partial charge in [-0.15, -0.1) is 0 Å². The highest BCUT2D eigenvalue weighted by Crippen LogP contribution is 2.39. The van der Waals surface area contributed by atoms with Crippen molar-refractivity contribution < 1.29 is 5.11 Å². The molecule has 3 heteroatoms. The molecule has 0 aromatic heterocycles. The van der Waals surface area contributed by atoms with E-state index in [-0.39, 0.29) is 0 Å². The van der Waals surface area contributed by atoms with Crippen LogP contribution in [-0.4, -0.2) is 25.3 Å². The quantitative estimate of drug-likeness (QED) is 0.821. The number of rotatable bonds is 2. The summed E-state index contributed by atoms with van der Waals surface area (Å²) in [6.45, 7) is 7.11. The van der Waals surface area contributed by atoms with Crippen LogP contribution in [0.15, 0.2) is 24.3 Å². The van der Waals surface area contributed by atoms with Gasteiger partial charge in [-0.2, -0.15) is 0 Å². The zero-order chi connectivity index (χ0) is 14.4. The van der Waals surface area contributed by atoms with Crippen molar-refractivity contribution in [2.45, 2.75) is 69.4 Å². The van der Waals surface area contributed by atoms with Gasteiger partial charge in [0.15, 0.2) is 0 Å². The normalized spacial score (nSPS) is 34.0. The molecule has 110 valence electrons. The van der Waals surface area contributed by atoms with E-state index >= 15 is 0 Å². The number of benzene rings is 1. The van der Waals surface area contributed by atoms with E-state index in [1.54, 1.807) is 0 Å². The SMILES string of the molecule is C[Si](C)(C)c1cccc(C2(O)CC3CCCC(C2)N3)c1. The van der Waals surface area contributed by atoms with E-state index in [0.717, 1.165) is 18.4 Å². The number of hydrogen-bond acceptors (Lipinski definition) is 2. The molecule has 3 rings (SSSR count). The van der Waals surface area contributed by atoms with Gasteiger partial charge in [-0.25, -0.2) is 0 Å². The summed E-state index contributed by atoms with van der Waals surface area (Å²) >= 11 is 0. The third-order valence-corrected chi connectivity index (χ3v) is 7.05. The fourth-order valence-corrected chi connectivity index (χ4v) is 5.03. The summed E-state index contributed by atoms with van der Waals surface area (Å²) in [6, 6.07) is 9.79. The molecule has 2 saturated heterocycles. The third kappa shape index (κ3) is 2.72. The summed E-state index contributed by atoms with van der Waals surface area (Å²) in [5.74, 6) is 0. The van der Waals surface area contributed by atoms with Crippen molar-refractivity contribution in [3.63, 3.8) is 0 Å². The van der Waals surface area contributed by atoms with Gasteiger partial charge in [0.25, 0.3) is 0 Å². The molecule has 0 spiro atoms. The van der Waals surface area contributed by atoms with Crippen molar-refractivity contribution in [1.29, 1.82) is 0 Å². The summed E-state index contributed by atoms with van der Waals surface area (Å²) in [7, 11) is -1.32. The summed E-state index contributed by atoms with van der Waals surface area (Å²) < 4.78 is 0. The van der Waals surface area contributed by atoms with Gasteiger partial charge in [-0.05, 0) is 31.2 Å². The second-order valence-electron chi connectivity index (χ2n) is 7.76. The molecule has 2 fully saturated rings. The van der Waals surface area contributed by atoms with Gasteiger partial charge >= 0.3 is 0 Å². The van der Waals surface area contributed by atoms with Crippen molar-refractivity contribution in [3.8, 4) is 0 Å². The van der Waals surface area contributed by atoms with Crippen molar-refractivity contribution in [2.24, 2.45) is 0 Å². The average molecular weight is 289 g/mol. The Balaban J connectivity index is 1.91. The van der Waals surface area contributed by atoms with Crippen LogP contribution < -0.4 is 10.5 Å². The van der Waals surface area contributed by atoms with Crippen LogP contribution in [-0.2, 0) is 5.60 Å². The Morgan fingerprint density at radius 2 is 1.80 bits per heavy atom. The van der Waals surface area contributed by atoms with Gasteiger partial charge < -0.3 is 10.4 Å². The van der Waals surface area contributed by atoms with Gasteiger partial charge in [0, 0.05) is 12.1 Å². The Morgan fingerprint density at radius 1 is 1.15 bits per heavy atom. The summed E-state index contributed by atoms with van der Waals surface area (Å²) in [5, 5.41) is 16.3. The first kappa shape index (κ1) is 14.3. The van der Waals surface area contributed by atoms with E-state index in [1.165, 1.54) is 24.4 Å². The standard InChI is InChI=1S/C17H27NOSi/c1-20(2,3)16-9-4-6-13(10-16)17(19)11-14-7-5-8-15(12-17)18-14/h4,6,9-10,14-15,18-19H,5,7-8,11-12H2,1-3H3. The van der Waals surface area contributed by atoms with Crippen molar-refractivity contribution >= 4 is 13.3 Å². The molecule has 2 aliphatic rings. The van der Waals surface area contributed by atoms with Crippen LogP contribution in [0.4, 0.5) is 0 Å². The maximum atomic E-state index is 11.2. The van der Waals surface area contributed by atoms with E-state index in [9.17, 15) is 5.11 Å². The molecule has 2 unspecified atom stereocenters. The van der Waals surface area contributed by atoms with Crippen LogP contribution >= 0.6 is 0 Å². The Bertz CT molecular complexity index is 482. The molecular formula is C17H27NOSi. The molecule has 1 aromatic rings. The molecule has 2 atom stereocenters. The van der Waals surface area contributed by atoms with E-state index in [4.69, 9.17) is 0 Å². The molecule has 2 aliphatic heterocycles. The molecule has 20 heavy (non-hydrogen) atoms.